The van der Waals surface area contributed by atoms with Gasteiger partial charge in [-0.3, -0.25) is 0 Å². The molecule has 2 rings (SSSR count). The molecule has 20 heavy (non-hydrogen) atoms. The lowest BCUT2D eigenvalue weighted by atomic mass is 9.81. The summed E-state index contributed by atoms with van der Waals surface area (Å²) in [6.45, 7) is 6.55. The van der Waals surface area contributed by atoms with Gasteiger partial charge in [-0.15, -0.1) is 23.7 Å². The summed E-state index contributed by atoms with van der Waals surface area (Å²) < 4.78 is 4.85. The summed E-state index contributed by atoms with van der Waals surface area (Å²) in [5.74, 6) is 1.12. The summed E-state index contributed by atoms with van der Waals surface area (Å²) in [7, 11) is 1.45. The Bertz CT molecular complexity index is 441. The molecule has 0 aliphatic carbocycles. The number of nitrogens with one attached hydrogen (secondary N) is 1. The quantitative estimate of drug-likeness (QED) is 0.859. The van der Waals surface area contributed by atoms with Crippen LogP contribution >= 0.6 is 23.7 Å². The number of esters is 1. The van der Waals surface area contributed by atoms with Gasteiger partial charge in [-0.25, -0.2) is 4.79 Å². The van der Waals surface area contributed by atoms with Crippen LogP contribution in [0.15, 0.2) is 5.38 Å². The minimum absolute atomic E-state index is 0. The van der Waals surface area contributed by atoms with Crippen molar-refractivity contribution in [3.05, 3.63) is 21.4 Å². The molecule has 5 heteroatoms. The van der Waals surface area contributed by atoms with Crippen LogP contribution < -0.4 is 5.32 Å². The molecule has 3 nitrogen and oxygen atoms in total. The Kier molecular flexibility index (Phi) is 7.00. The molecule has 1 fully saturated rings. The fourth-order valence-electron chi connectivity index (χ4n) is 3.09. The predicted octanol–water partition coefficient (Wildman–Crippen LogP) is 3.76. The maximum absolute atomic E-state index is 11.7. The minimum atomic E-state index is -0.208. The zero-order valence-corrected chi connectivity index (χ0v) is 14.0. The summed E-state index contributed by atoms with van der Waals surface area (Å²) in [4.78, 5) is 13.1. The minimum Gasteiger partial charge on any atom is -0.465 e. The van der Waals surface area contributed by atoms with Crippen molar-refractivity contribution in [2.45, 2.75) is 39.0 Å². The summed E-state index contributed by atoms with van der Waals surface area (Å²) in [5, 5.41) is 5.38. The van der Waals surface area contributed by atoms with Crippen molar-refractivity contribution < 1.29 is 9.53 Å². The fourth-order valence-corrected chi connectivity index (χ4v) is 4.43. The highest BCUT2D eigenvalue weighted by Gasteiger charge is 2.27. The number of carbonyl (C=O) groups is 1. The molecule has 1 saturated heterocycles. The zero-order valence-electron chi connectivity index (χ0n) is 12.4. The smallest absolute Gasteiger partial charge is 0.338 e. The summed E-state index contributed by atoms with van der Waals surface area (Å²) in [6, 6.07) is 0. The Balaban J connectivity index is 0.00000200. The van der Waals surface area contributed by atoms with Crippen LogP contribution in [0.2, 0.25) is 0 Å². The fraction of sp³-hybridized carbons (Fsp3) is 0.667. The van der Waals surface area contributed by atoms with E-state index in [9.17, 15) is 4.79 Å². The van der Waals surface area contributed by atoms with Gasteiger partial charge in [0.05, 0.1) is 12.7 Å². The molecular formula is C15H24ClNO2S. The Hall–Kier alpha value is -0.580. The lowest BCUT2D eigenvalue weighted by Gasteiger charge is -2.30. The van der Waals surface area contributed by atoms with Crippen molar-refractivity contribution in [2.75, 3.05) is 20.2 Å². The number of thiophene rings is 1. The Morgan fingerprint density at radius 3 is 2.70 bits per heavy atom. The Morgan fingerprint density at radius 2 is 2.15 bits per heavy atom. The second kappa shape index (κ2) is 8.01. The van der Waals surface area contributed by atoms with Crippen LogP contribution in [-0.4, -0.2) is 26.2 Å². The molecular weight excluding hydrogens is 294 g/mol. The van der Waals surface area contributed by atoms with E-state index in [2.05, 4.69) is 19.2 Å². The van der Waals surface area contributed by atoms with E-state index in [-0.39, 0.29) is 18.4 Å². The Morgan fingerprint density at radius 1 is 1.50 bits per heavy atom. The molecule has 2 heterocycles. The molecule has 0 bridgehead atoms. The van der Waals surface area contributed by atoms with Gasteiger partial charge in [0.15, 0.2) is 0 Å². The van der Waals surface area contributed by atoms with Crippen molar-refractivity contribution in [3.8, 4) is 0 Å². The normalized spacial score (nSPS) is 17.4. The van der Waals surface area contributed by atoms with Crippen LogP contribution in [-0.2, 0) is 4.74 Å². The van der Waals surface area contributed by atoms with Crippen molar-refractivity contribution in [1.82, 2.24) is 5.32 Å². The van der Waals surface area contributed by atoms with Gasteiger partial charge in [0.2, 0.25) is 0 Å². The molecule has 0 radical (unpaired) electrons. The Labute approximate surface area is 131 Å². The van der Waals surface area contributed by atoms with Gasteiger partial charge in [-0.1, -0.05) is 6.92 Å². The van der Waals surface area contributed by atoms with E-state index in [0.717, 1.165) is 36.6 Å². The number of hydrogen-bond donors (Lipinski definition) is 1. The monoisotopic (exact) mass is 317 g/mol. The van der Waals surface area contributed by atoms with Crippen LogP contribution in [0.1, 0.15) is 52.9 Å². The first-order valence-corrected chi connectivity index (χ1v) is 7.94. The number of piperidine rings is 1. The highest BCUT2D eigenvalue weighted by atomic mass is 35.5. The molecule has 1 aromatic heterocycles. The summed E-state index contributed by atoms with van der Waals surface area (Å²) in [5.41, 5.74) is 1.87. The van der Waals surface area contributed by atoms with Gasteiger partial charge in [0.1, 0.15) is 0 Å². The van der Waals surface area contributed by atoms with Gasteiger partial charge in [0.25, 0.3) is 0 Å². The predicted molar refractivity (Wildman–Crippen MR) is 86.3 cm³/mol. The van der Waals surface area contributed by atoms with Crippen LogP contribution in [0, 0.1) is 12.8 Å². The van der Waals surface area contributed by atoms with Gasteiger partial charge < -0.3 is 10.1 Å². The second-order valence-corrected chi connectivity index (χ2v) is 6.14. The van der Waals surface area contributed by atoms with Crippen LogP contribution in [0.3, 0.4) is 0 Å². The molecule has 1 aliphatic heterocycles. The van der Waals surface area contributed by atoms with Crippen molar-refractivity contribution in [3.63, 3.8) is 0 Å². The standard InChI is InChI=1S/C15H23NO2S.ClH/c1-4-12(11-5-7-16-8-6-11)14-10(2)13(9-19-14)15(17)18-3;/h9,11-12,16H,4-8H2,1-3H3;1H. The van der Waals surface area contributed by atoms with E-state index in [0.29, 0.717) is 5.92 Å². The number of ether oxygens (including phenoxy) is 1. The number of halogens is 1. The van der Waals surface area contributed by atoms with Gasteiger partial charge in [-0.2, -0.15) is 0 Å². The van der Waals surface area contributed by atoms with E-state index in [1.165, 1.54) is 24.8 Å². The highest BCUT2D eigenvalue weighted by molar-refractivity contribution is 7.10. The average molecular weight is 318 g/mol. The van der Waals surface area contributed by atoms with Gasteiger partial charge in [-0.05, 0) is 56.7 Å². The number of carbonyl (C=O) groups excluding carboxylic acids is 1. The van der Waals surface area contributed by atoms with E-state index < -0.39 is 0 Å². The maximum atomic E-state index is 11.7. The van der Waals surface area contributed by atoms with Crippen molar-refractivity contribution in [1.29, 1.82) is 0 Å². The van der Waals surface area contributed by atoms with Crippen LogP contribution in [0.4, 0.5) is 0 Å². The molecule has 1 aliphatic rings. The molecule has 0 amide bonds. The summed E-state index contributed by atoms with van der Waals surface area (Å²) >= 11 is 1.72. The largest absolute Gasteiger partial charge is 0.465 e. The first-order chi connectivity index (χ1) is 9.19. The van der Waals surface area contributed by atoms with Gasteiger partial charge in [0, 0.05) is 10.3 Å². The second-order valence-electron chi connectivity index (χ2n) is 5.23. The van der Waals surface area contributed by atoms with E-state index in [4.69, 9.17) is 4.74 Å². The van der Waals surface area contributed by atoms with Crippen molar-refractivity contribution >= 4 is 29.7 Å². The molecule has 114 valence electrons. The number of hydrogen-bond acceptors (Lipinski definition) is 4. The summed E-state index contributed by atoms with van der Waals surface area (Å²) in [6.07, 6.45) is 3.62. The molecule has 1 unspecified atom stereocenters. The first-order valence-electron chi connectivity index (χ1n) is 7.06. The third-order valence-electron chi connectivity index (χ3n) is 4.21. The molecule has 0 aromatic carbocycles. The molecule has 1 atom stereocenters. The average Bonchev–Trinajstić information content (AvgIpc) is 2.82. The third kappa shape index (κ3) is 3.54. The topological polar surface area (TPSA) is 38.3 Å². The maximum Gasteiger partial charge on any atom is 0.338 e. The lowest BCUT2D eigenvalue weighted by molar-refractivity contribution is 0.0600. The van der Waals surface area contributed by atoms with E-state index in [1.54, 1.807) is 11.3 Å². The molecule has 0 saturated carbocycles. The van der Waals surface area contributed by atoms with E-state index in [1.807, 2.05) is 5.38 Å². The molecule has 1 aromatic rings. The number of methoxy groups -OCH3 is 1. The molecule has 0 spiro atoms. The highest BCUT2D eigenvalue weighted by Crippen LogP contribution is 2.39. The van der Waals surface area contributed by atoms with Crippen molar-refractivity contribution in [2.24, 2.45) is 5.92 Å². The van der Waals surface area contributed by atoms with E-state index >= 15 is 0 Å². The lowest BCUT2D eigenvalue weighted by Crippen LogP contribution is -2.30. The zero-order chi connectivity index (χ0) is 13.8. The molecule has 1 N–H and O–H groups in total. The van der Waals surface area contributed by atoms with Gasteiger partial charge >= 0.3 is 5.97 Å². The SMILES string of the molecule is CCC(c1scc(C(=O)OC)c1C)C1CCNCC1.Cl. The van der Waals surface area contributed by atoms with Crippen LogP contribution in [0.5, 0.6) is 0 Å². The van der Waals surface area contributed by atoms with Crippen LogP contribution in [0.25, 0.3) is 0 Å². The number of rotatable bonds is 4. The first kappa shape index (κ1) is 17.5. The third-order valence-corrected chi connectivity index (χ3v) is 5.43.